The zero-order chi connectivity index (χ0) is 19.6. The summed E-state index contributed by atoms with van der Waals surface area (Å²) in [5.74, 6) is 0.103. The maximum Gasteiger partial charge on any atom is 0.224 e. The topological polar surface area (TPSA) is 26.8 Å². The molecule has 146 valence electrons. The molecule has 1 aromatic rings. The molecule has 0 radical (unpaired) electrons. The van der Waals surface area contributed by atoms with Gasteiger partial charge in [0, 0.05) is 49.4 Å². The Morgan fingerprint density at radius 3 is 2.33 bits per heavy atom. The second-order valence-electron chi connectivity index (χ2n) is 6.91. The summed E-state index contributed by atoms with van der Waals surface area (Å²) in [7, 11) is 0. The number of anilines is 2. The van der Waals surface area contributed by atoms with Gasteiger partial charge in [0.2, 0.25) is 5.91 Å². The lowest BCUT2D eigenvalue weighted by molar-refractivity contribution is -0.116. The van der Waals surface area contributed by atoms with Gasteiger partial charge in [0.1, 0.15) is 0 Å². The first-order chi connectivity index (χ1) is 13.0. The van der Waals surface area contributed by atoms with Crippen molar-refractivity contribution in [2.24, 2.45) is 0 Å². The molecule has 1 heterocycles. The minimum Gasteiger partial charge on any atom is -0.372 e. The third-order valence-corrected chi connectivity index (χ3v) is 6.76. The molecule has 0 spiro atoms. The summed E-state index contributed by atoms with van der Waals surface area (Å²) < 4.78 is 0. The number of fused-ring (bicyclic) bond motifs is 2. The maximum absolute atomic E-state index is 12.5. The monoisotopic (exact) mass is 385 g/mol. The van der Waals surface area contributed by atoms with Crippen LogP contribution in [0.3, 0.4) is 0 Å². The number of amides is 1. The molecule has 1 aliphatic carbocycles. The Morgan fingerprint density at radius 1 is 1.07 bits per heavy atom. The standard InChI is InChI=1S/C22H31N3OS/c1-6-23(7-2)17-10-12-19-21(14-17)27-22-15-18(24(8-3)9-4)11-13-20(22)25(19)16(5)26/h10-15,19,21H,6-9H2,1-5H3. The largest absolute Gasteiger partial charge is 0.372 e. The van der Waals surface area contributed by atoms with Gasteiger partial charge < -0.3 is 14.7 Å². The molecule has 2 atom stereocenters. The molecule has 5 heteroatoms. The minimum atomic E-state index is 0.0821. The molecule has 0 aromatic heterocycles. The molecular weight excluding hydrogens is 354 g/mol. The Balaban J connectivity index is 2.00. The number of hydrogen-bond acceptors (Lipinski definition) is 4. The summed E-state index contributed by atoms with van der Waals surface area (Å²) in [5, 5.41) is 0.244. The first-order valence-corrected chi connectivity index (χ1v) is 10.9. The molecule has 0 fully saturated rings. The van der Waals surface area contributed by atoms with Crippen molar-refractivity contribution in [3.05, 3.63) is 42.1 Å². The van der Waals surface area contributed by atoms with Crippen LogP contribution in [0.5, 0.6) is 0 Å². The minimum absolute atomic E-state index is 0.0821. The van der Waals surface area contributed by atoms with E-state index in [4.69, 9.17) is 0 Å². The van der Waals surface area contributed by atoms with Gasteiger partial charge in [-0.3, -0.25) is 4.79 Å². The predicted octanol–water partition coefficient (Wildman–Crippen LogP) is 4.52. The van der Waals surface area contributed by atoms with E-state index < -0.39 is 0 Å². The smallest absolute Gasteiger partial charge is 0.224 e. The molecule has 0 saturated heterocycles. The molecule has 1 aromatic carbocycles. The van der Waals surface area contributed by atoms with Crippen molar-refractivity contribution >= 4 is 29.0 Å². The van der Waals surface area contributed by atoms with Crippen molar-refractivity contribution in [2.45, 2.75) is 50.8 Å². The molecule has 0 bridgehead atoms. The number of carbonyl (C=O) groups excluding carboxylic acids is 1. The van der Waals surface area contributed by atoms with Crippen LogP contribution in [0.2, 0.25) is 0 Å². The molecule has 2 aliphatic rings. The van der Waals surface area contributed by atoms with Crippen LogP contribution in [0.4, 0.5) is 11.4 Å². The molecule has 3 rings (SSSR count). The molecule has 27 heavy (non-hydrogen) atoms. The Labute approximate surface area is 167 Å². The first kappa shape index (κ1) is 19.9. The molecule has 4 nitrogen and oxygen atoms in total. The quantitative estimate of drug-likeness (QED) is 0.719. The number of likely N-dealkylation sites (N-methyl/N-ethyl adjacent to an activating group) is 1. The predicted molar refractivity (Wildman–Crippen MR) is 117 cm³/mol. The number of carbonyl (C=O) groups is 1. The lowest BCUT2D eigenvalue weighted by Crippen LogP contribution is -2.47. The fraction of sp³-hybridized carbons (Fsp3) is 0.500. The van der Waals surface area contributed by atoms with Crippen molar-refractivity contribution in [2.75, 3.05) is 36.0 Å². The summed E-state index contributed by atoms with van der Waals surface area (Å²) in [6.07, 6.45) is 6.72. The highest BCUT2D eigenvalue weighted by molar-refractivity contribution is 8.00. The van der Waals surface area contributed by atoms with Crippen LogP contribution in [0.25, 0.3) is 0 Å². The van der Waals surface area contributed by atoms with E-state index in [1.54, 1.807) is 6.92 Å². The van der Waals surface area contributed by atoms with Gasteiger partial charge in [-0.1, -0.05) is 6.08 Å². The molecule has 2 unspecified atom stereocenters. The number of nitrogens with zero attached hydrogens (tertiary/aromatic N) is 3. The van der Waals surface area contributed by atoms with E-state index >= 15 is 0 Å². The van der Waals surface area contributed by atoms with Gasteiger partial charge in [-0.2, -0.15) is 0 Å². The molecule has 1 aliphatic heterocycles. The molecular formula is C22H31N3OS. The van der Waals surface area contributed by atoms with Gasteiger partial charge in [-0.25, -0.2) is 0 Å². The number of allylic oxidation sites excluding steroid dienone is 1. The Hall–Kier alpha value is -1.88. The number of rotatable bonds is 6. The van der Waals surface area contributed by atoms with E-state index in [-0.39, 0.29) is 17.2 Å². The Morgan fingerprint density at radius 2 is 1.74 bits per heavy atom. The Kier molecular flexibility index (Phi) is 6.20. The van der Waals surface area contributed by atoms with E-state index in [1.165, 1.54) is 16.3 Å². The van der Waals surface area contributed by atoms with Crippen molar-refractivity contribution in [1.29, 1.82) is 0 Å². The van der Waals surface area contributed by atoms with Crippen molar-refractivity contribution in [3.8, 4) is 0 Å². The van der Waals surface area contributed by atoms with Crippen LogP contribution in [0, 0.1) is 0 Å². The summed E-state index contributed by atoms with van der Waals surface area (Å²) in [5.41, 5.74) is 3.53. The highest BCUT2D eigenvalue weighted by Crippen LogP contribution is 2.46. The van der Waals surface area contributed by atoms with Crippen LogP contribution in [-0.2, 0) is 4.79 Å². The van der Waals surface area contributed by atoms with Crippen LogP contribution in [0.15, 0.2) is 47.0 Å². The van der Waals surface area contributed by atoms with Crippen LogP contribution in [-0.4, -0.2) is 48.3 Å². The summed E-state index contributed by atoms with van der Waals surface area (Å²) in [6, 6.07) is 6.60. The number of thioether (sulfide) groups is 1. The van der Waals surface area contributed by atoms with E-state index in [1.807, 2.05) is 16.7 Å². The van der Waals surface area contributed by atoms with Crippen molar-refractivity contribution in [1.82, 2.24) is 4.90 Å². The lowest BCUT2D eigenvalue weighted by Gasteiger charge is -2.42. The summed E-state index contributed by atoms with van der Waals surface area (Å²) in [6.45, 7) is 14.4. The fourth-order valence-electron chi connectivity index (χ4n) is 4.03. The maximum atomic E-state index is 12.5. The van der Waals surface area contributed by atoms with Crippen molar-refractivity contribution in [3.63, 3.8) is 0 Å². The van der Waals surface area contributed by atoms with E-state index in [0.717, 1.165) is 31.9 Å². The third-order valence-electron chi connectivity index (χ3n) is 5.50. The average molecular weight is 386 g/mol. The zero-order valence-corrected chi connectivity index (χ0v) is 17.9. The van der Waals surface area contributed by atoms with Gasteiger partial charge in [0.15, 0.2) is 0 Å². The van der Waals surface area contributed by atoms with Gasteiger partial charge in [-0.15, -0.1) is 11.8 Å². The number of hydrogen-bond donors (Lipinski definition) is 0. The highest BCUT2D eigenvalue weighted by Gasteiger charge is 2.37. The summed E-state index contributed by atoms with van der Waals surface area (Å²) in [4.78, 5) is 20.4. The third kappa shape index (κ3) is 3.75. The summed E-state index contributed by atoms with van der Waals surface area (Å²) >= 11 is 1.88. The van der Waals surface area contributed by atoms with Crippen LogP contribution < -0.4 is 9.80 Å². The fourth-order valence-corrected chi connectivity index (χ4v) is 5.36. The zero-order valence-electron chi connectivity index (χ0n) is 17.1. The van der Waals surface area contributed by atoms with E-state index in [9.17, 15) is 4.79 Å². The highest BCUT2D eigenvalue weighted by atomic mass is 32.2. The van der Waals surface area contributed by atoms with Crippen molar-refractivity contribution < 1.29 is 4.79 Å². The second-order valence-corrected chi connectivity index (χ2v) is 8.13. The second kappa shape index (κ2) is 8.42. The van der Waals surface area contributed by atoms with Gasteiger partial charge in [-0.05, 0) is 58.0 Å². The van der Waals surface area contributed by atoms with E-state index in [0.29, 0.717) is 0 Å². The normalized spacial score (nSPS) is 20.6. The molecule has 0 N–H and O–H groups in total. The van der Waals surface area contributed by atoms with Gasteiger partial charge in [0.25, 0.3) is 0 Å². The SMILES string of the molecule is CCN(CC)C1=CC2Sc3cc(N(CC)CC)ccc3N(C(C)=O)C2C=C1. The van der Waals surface area contributed by atoms with Gasteiger partial charge >= 0.3 is 0 Å². The molecule has 0 saturated carbocycles. The Bertz CT molecular complexity index is 750. The molecule has 1 amide bonds. The first-order valence-electron chi connectivity index (χ1n) is 10.0. The van der Waals surface area contributed by atoms with Crippen LogP contribution in [0.1, 0.15) is 34.6 Å². The van der Waals surface area contributed by atoms with Gasteiger partial charge in [0.05, 0.1) is 17.0 Å². The lowest BCUT2D eigenvalue weighted by atomic mass is 10.0. The van der Waals surface area contributed by atoms with Crippen LogP contribution >= 0.6 is 11.8 Å². The van der Waals surface area contributed by atoms with E-state index in [2.05, 4.69) is 73.9 Å². The average Bonchev–Trinajstić information content (AvgIpc) is 2.67. The number of benzene rings is 1.